The molecule has 1 heterocycles. The predicted molar refractivity (Wildman–Crippen MR) is 206 cm³/mol. The summed E-state index contributed by atoms with van der Waals surface area (Å²) in [6, 6.07) is 32.1. The Morgan fingerprint density at radius 3 is 1.67 bits per heavy atom. The Morgan fingerprint density at radius 2 is 1.16 bits per heavy atom. The minimum atomic E-state index is -2.97. The lowest BCUT2D eigenvalue weighted by atomic mass is 9.90. The topological polar surface area (TPSA) is 46.2 Å². The Morgan fingerprint density at radius 1 is 0.633 bits per heavy atom. The van der Waals surface area contributed by atoms with Crippen molar-refractivity contribution < 1.29 is 23.1 Å². The number of ether oxygens (including phenoxy) is 3. The van der Waals surface area contributed by atoms with E-state index in [1.165, 1.54) is 42.5 Å². The number of hydrogen-bond acceptors (Lipinski definition) is 5. The number of hydrogen-bond donors (Lipinski definition) is 0. The van der Waals surface area contributed by atoms with Crippen LogP contribution in [0.2, 0.25) is 23.2 Å². The van der Waals surface area contributed by atoms with Crippen molar-refractivity contribution in [1.29, 1.82) is 0 Å². The first-order chi connectivity index (χ1) is 23.2. The molecule has 1 aliphatic heterocycles. The quantitative estimate of drug-likeness (QED) is 0.176. The second-order valence-corrected chi connectivity index (χ2v) is 25.9. The van der Waals surface area contributed by atoms with Gasteiger partial charge in [0.05, 0.1) is 25.4 Å². The van der Waals surface area contributed by atoms with Gasteiger partial charge in [-0.05, 0) is 64.8 Å². The van der Waals surface area contributed by atoms with Crippen molar-refractivity contribution in [3.63, 3.8) is 0 Å². The van der Waals surface area contributed by atoms with Gasteiger partial charge in [0.25, 0.3) is 8.32 Å². The first kappa shape index (κ1) is 38.1. The van der Waals surface area contributed by atoms with Crippen LogP contribution in [0.15, 0.2) is 91.0 Å². The van der Waals surface area contributed by atoms with Gasteiger partial charge in [-0.25, -0.2) is 0 Å². The molecule has 0 amide bonds. The van der Waals surface area contributed by atoms with Crippen molar-refractivity contribution >= 4 is 27.0 Å². The van der Waals surface area contributed by atoms with Gasteiger partial charge in [-0.2, -0.15) is 0 Å². The molecule has 7 heteroatoms. The highest BCUT2D eigenvalue weighted by Gasteiger charge is 2.57. The van der Waals surface area contributed by atoms with E-state index in [0.29, 0.717) is 19.1 Å². The van der Waals surface area contributed by atoms with Gasteiger partial charge in [0, 0.05) is 0 Å². The Balaban J connectivity index is 1.61. The van der Waals surface area contributed by atoms with Crippen LogP contribution in [0.3, 0.4) is 0 Å². The SMILES string of the molecule is C[C@@H]1O[C@H](OCC2CCCCC2)[C@H](OCc2ccccc2)[C@H](O[Si](C)(C)C(C)(C)C)[C@H]1O[Si](c1ccccc1)(c1ccccc1)C(C)(C)C. The molecule has 1 saturated heterocycles. The minimum absolute atomic E-state index is 0.0150. The molecule has 0 radical (unpaired) electrons. The molecule has 0 spiro atoms. The summed E-state index contributed by atoms with van der Waals surface area (Å²) in [7, 11) is -5.30. The zero-order valence-electron chi connectivity index (χ0n) is 31.6. The van der Waals surface area contributed by atoms with Gasteiger partial charge in [-0.1, -0.05) is 152 Å². The molecule has 0 unspecified atom stereocenters. The monoisotopic (exact) mass is 702 g/mol. The lowest BCUT2D eigenvalue weighted by Crippen LogP contribution is -2.72. The van der Waals surface area contributed by atoms with E-state index in [1.54, 1.807) is 0 Å². The molecule has 49 heavy (non-hydrogen) atoms. The predicted octanol–water partition coefficient (Wildman–Crippen LogP) is 9.25. The normalized spacial score (nSPS) is 24.6. The number of rotatable bonds is 12. The van der Waals surface area contributed by atoms with Crippen LogP contribution in [0.1, 0.15) is 86.1 Å². The summed E-state index contributed by atoms with van der Waals surface area (Å²) < 4.78 is 36.1. The molecule has 0 bridgehead atoms. The standard InChI is InChI=1S/C42H62O5Si2/c1-32-37(47-49(42(5,6)7,35-26-18-12-19-27-35)36-28-20-13-21-29-36)38(46-48(8,9)41(2,3)4)39(43-30-33-22-14-10-15-23-33)40(45-32)44-31-34-24-16-11-17-25-34/h10,12-15,18-23,26-29,32,34,37-40H,11,16-17,24-25,30-31H2,1-9H3/t32-,37-,38+,39+,40-/m0/s1. The van der Waals surface area contributed by atoms with E-state index < -0.39 is 41.2 Å². The van der Waals surface area contributed by atoms with E-state index in [0.717, 1.165) is 5.56 Å². The minimum Gasteiger partial charge on any atom is -0.408 e. The fourth-order valence-electron chi connectivity index (χ4n) is 7.34. The van der Waals surface area contributed by atoms with Gasteiger partial charge in [0.15, 0.2) is 14.6 Å². The smallest absolute Gasteiger partial charge is 0.261 e. The first-order valence-electron chi connectivity index (χ1n) is 18.6. The maximum atomic E-state index is 7.90. The van der Waals surface area contributed by atoms with Gasteiger partial charge >= 0.3 is 0 Å². The zero-order chi connectivity index (χ0) is 35.3. The zero-order valence-corrected chi connectivity index (χ0v) is 33.6. The van der Waals surface area contributed by atoms with Gasteiger partial charge < -0.3 is 23.1 Å². The molecule has 2 aliphatic rings. The summed E-state index contributed by atoms with van der Waals surface area (Å²) in [4.78, 5) is 0. The van der Waals surface area contributed by atoms with Crippen LogP contribution < -0.4 is 10.4 Å². The van der Waals surface area contributed by atoms with E-state index in [1.807, 2.05) is 6.07 Å². The summed E-state index contributed by atoms with van der Waals surface area (Å²) in [5.41, 5.74) is 1.11. The van der Waals surface area contributed by atoms with Gasteiger partial charge in [0.2, 0.25) is 0 Å². The number of benzene rings is 3. The highest BCUT2D eigenvalue weighted by molar-refractivity contribution is 6.99. The second kappa shape index (κ2) is 16.1. The summed E-state index contributed by atoms with van der Waals surface area (Å²) in [5, 5.41) is 2.26. The lowest BCUT2D eigenvalue weighted by molar-refractivity contribution is -0.302. The summed E-state index contributed by atoms with van der Waals surface area (Å²) in [5.74, 6) is 0.549. The maximum Gasteiger partial charge on any atom is 0.261 e. The van der Waals surface area contributed by atoms with Crippen LogP contribution >= 0.6 is 0 Å². The molecule has 3 aromatic rings. The first-order valence-corrected chi connectivity index (χ1v) is 23.4. The Kier molecular flexibility index (Phi) is 12.5. The molecular weight excluding hydrogens is 641 g/mol. The lowest BCUT2D eigenvalue weighted by Gasteiger charge is -2.53. The van der Waals surface area contributed by atoms with Crippen LogP contribution in [0.25, 0.3) is 0 Å². The fourth-order valence-corrected chi connectivity index (χ4v) is 13.4. The van der Waals surface area contributed by atoms with Crippen molar-refractivity contribution in [1.82, 2.24) is 0 Å². The molecule has 5 nitrogen and oxygen atoms in total. The van der Waals surface area contributed by atoms with E-state index in [9.17, 15) is 0 Å². The van der Waals surface area contributed by atoms with Crippen LogP contribution in [0.4, 0.5) is 0 Å². The molecule has 3 aromatic carbocycles. The Hall–Kier alpha value is -2.11. The van der Waals surface area contributed by atoms with Crippen LogP contribution in [0.5, 0.6) is 0 Å². The molecule has 1 aliphatic carbocycles. The maximum absolute atomic E-state index is 7.90. The average molecular weight is 703 g/mol. The van der Waals surface area contributed by atoms with Crippen LogP contribution in [0, 0.1) is 5.92 Å². The molecule has 268 valence electrons. The van der Waals surface area contributed by atoms with Crippen LogP contribution in [-0.4, -0.2) is 53.9 Å². The Bertz CT molecular complexity index is 1370. The van der Waals surface area contributed by atoms with E-state index in [2.05, 4.69) is 146 Å². The fraction of sp³-hybridized carbons (Fsp3) is 0.571. The van der Waals surface area contributed by atoms with E-state index >= 15 is 0 Å². The van der Waals surface area contributed by atoms with Gasteiger partial charge in [-0.15, -0.1) is 0 Å². The van der Waals surface area contributed by atoms with Gasteiger partial charge in [-0.3, -0.25) is 0 Å². The second-order valence-electron chi connectivity index (χ2n) is 16.9. The Labute approximate surface area is 299 Å². The summed E-state index contributed by atoms with van der Waals surface area (Å²) in [6.45, 7) is 21.8. The molecule has 2 fully saturated rings. The molecule has 0 aromatic heterocycles. The van der Waals surface area contributed by atoms with E-state index in [-0.39, 0.29) is 16.2 Å². The third kappa shape index (κ3) is 8.86. The van der Waals surface area contributed by atoms with Crippen LogP contribution in [-0.2, 0) is 29.7 Å². The summed E-state index contributed by atoms with van der Waals surface area (Å²) in [6.07, 6.45) is 4.17. The molecule has 5 rings (SSSR count). The van der Waals surface area contributed by atoms with Gasteiger partial charge in [0.1, 0.15) is 12.2 Å². The van der Waals surface area contributed by atoms with Crippen molar-refractivity contribution in [2.75, 3.05) is 6.61 Å². The van der Waals surface area contributed by atoms with Crippen molar-refractivity contribution in [2.24, 2.45) is 5.92 Å². The highest BCUT2D eigenvalue weighted by atomic mass is 28.4. The third-order valence-electron chi connectivity index (χ3n) is 11.2. The van der Waals surface area contributed by atoms with Crippen molar-refractivity contribution in [3.05, 3.63) is 96.6 Å². The van der Waals surface area contributed by atoms with Crippen molar-refractivity contribution in [2.45, 2.75) is 141 Å². The molecular formula is C42H62O5Si2. The third-order valence-corrected chi connectivity index (χ3v) is 20.7. The largest absolute Gasteiger partial charge is 0.408 e. The highest BCUT2D eigenvalue weighted by Crippen LogP contribution is 2.44. The van der Waals surface area contributed by atoms with Crippen molar-refractivity contribution in [3.8, 4) is 0 Å². The molecule has 5 atom stereocenters. The average Bonchev–Trinajstić information content (AvgIpc) is 3.07. The summed E-state index contributed by atoms with van der Waals surface area (Å²) >= 11 is 0. The molecule has 0 N–H and O–H groups in total. The van der Waals surface area contributed by atoms with E-state index in [4.69, 9.17) is 23.1 Å². The molecule has 1 saturated carbocycles.